The van der Waals surface area contributed by atoms with Crippen LogP contribution in [0.5, 0.6) is 0 Å². The molecule has 0 aliphatic carbocycles. The molecule has 0 saturated heterocycles. The molecule has 1 amide bonds. The molecule has 0 aliphatic heterocycles. The van der Waals surface area contributed by atoms with Crippen LogP contribution in [0.2, 0.25) is 0 Å². The second kappa shape index (κ2) is 6.31. The number of aliphatic hydroxyl groups excluding tert-OH is 1. The third kappa shape index (κ3) is 3.64. The SMILES string of the molecule is Cc1cc(C)c2cc(C(=O)NCCC(O)C(C)C)[nH]c2c1. The van der Waals surface area contributed by atoms with Crippen LogP contribution in [0.3, 0.4) is 0 Å². The molecule has 4 heteroatoms. The normalized spacial score (nSPS) is 12.9. The van der Waals surface area contributed by atoms with E-state index in [0.29, 0.717) is 18.7 Å². The van der Waals surface area contributed by atoms with Crippen molar-refractivity contribution in [2.24, 2.45) is 5.92 Å². The Bertz CT molecular complexity index is 644. The zero-order valence-corrected chi connectivity index (χ0v) is 13.2. The average Bonchev–Trinajstić information content (AvgIpc) is 2.82. The molecule has 0 radical (unpaired) electrons. The van der Waals surface area contributed by atoms with Crippen LogP contribution < -0.4 is 5.32 Å². The number of amides is 1. The van der Waals surface area contributed by atoms with Gasteiger partial charge in [-0.25, -0.2) is 0 Å². The van der Waals surface area contributed by atoms with Gasteiger partial charge in [-0.15, -0.1) is 0 Å². The number of aromatic amines is 1. The predicted molar refractivity (Wildman–Crippen MR) is 85.6 cm³/mol. The summed E-state index contributed by atoms with van der Waals surface area (Å²) in [7, 11) is 0. The maximum Gasteiger partial charge on any atom is 0.267 e. The molecule has 0 spiro atoms. The first kappa shape index (κ1) is 15.6. The minimum atomic E-state index is -0.377. The van der Waals surface area contributed by atoms with Crippen molar-refractivity contribution in [3.63, 3.8) is 0 Å². The Morgan fingerprint density at radius 3 is 2.67 bits per heavy atom. The number of carbonyl (C=O) groups excluding carboxylic acids is 1. The zero-order valence-electron chi connectivity index (χ0n) is 13.2. The lowest BCUT2D eigenvalue weighted by atomic mass is 10.0. The Balaban J connectivity index is 2.05. The van der Waals surface area contributed by atoms with Crippen molar-refractivity contribution in [1.82, 2.24) is 10.3 Å². The summed E-state index contributed by atoms with van der Waals surface area (Å²) in [6.45, 7) is 8.50. The van der Waals surface area contributed by atoms with Crippen LogP contribution >= 0.6 is 0 Å². The standard InChI is InChI=1S/C17H24N2O2/c1-10(2)16(20)5-6-18-17(21)15-9-13-12(4)7-11(3)8-14(13)19-15/h7-10,16,19-20H,5-6H2,1-4H3,(H,18,21). The number of benzene rings is 1. The third-order valence-electron chi connectivity index (χ3n) is 3.83. The van der Waals surface area contributed by atoms with Crippen molar-refractivity contribution >= 4 is 16.8 Å². The topological polar surface area (TPSA) is 65.1 Å². The van der Waals surface area contributed by atoms with Crippen LogP contribution in [0.25, 0.3) is 10.9 Å². The number of carbonyl (C=O) groups is 1. The first-order valence-corrected chi connectivity index (χ1v) is 7.44. The van der Waals surface area contributed by atoms with Gasteiger partial charge in [0.2, 0.25) is 0 Å². The molecule has 1 unspecified atom stereocenters. The Morgan fingerprint density at radius 2 is 2.00 bits per heavy atom. The van der Waals surface area contributed by atoms with Gasteiger partial charge in [0.05, 0.1) is 6.10 Å². The molecule has 4 nitrogen and oxygen atoms in total. The average molecular weight is 288 g/mol. The van der Waals surface area contributed by atoms with Crippen LogP contribution in [0.1, 0.15) is 41.9 Å². The van der Waals surface area contributed by atoms with Crippen molar-refractivity contribution in [3.8, 4) is 0 Å². The third-order valence-corrected chi connectivity index (χ3v) is 3.83. The van der Waals surface area contributed by atoms with Crippen LogP contribution in [-0.2, 0) is 0 Å². The van der Waals surface area contributed by atoms with Gasteiger partial charge in [0.15, 0.2) is 0 Å². The van der Waals surface area contributed by atoms with Gasteiger partial charge < -0.3 is 15.4 Å². The molecule has 1 aromatic carbocycles. The molecule has 0 aliphatic rings. The summed E-state index contributed by atoms with van der Waals surface area (Å²) in [4.78, 5) is 15.3. The predicted octanol–water partition coefficient (Wildman–Crippen LogP) is 2.92. The van der Waals surface area contributed by atoms with E-state index in [1.165, 1.54) is 5.56 Å². The van der Waals surface area contributed by atoms with Crippen molar-refractivity contribution < 1.29 is 9.90 Å². The van der Waals surface area contributed by atoms with Crippen LogP contribution in [0.15, 0.2) is 18.2 Å². The lowest BCUT2D eigenvalue weighted by Gasteiger charge is -2.14. The van der Waals surface area contributed by atoms with Gasteiger partial charge in [0, 0.05) is 17.4 Å². The number of hydrogen-bond acceptors (Lipinski definition) is 2. The van der Waals surface area contributed by atoms with E-state index in [2.05, 4.69) is 16.4 Å². The minimum Gasteiger partial charge on any atom is -0.393 e. The molecule has 0 saturated carbocycles. The molecule has 2 aromatic rings. The van der Waals surface area contributed by atoms with E-state index >= 15 is 0 Å². The molecule has 114 valence electrons. The summed E-state index contributed by atoms with van der Waals surface area (Å²) < 4.78 is 0. The second-order valence-electron chi connectivity index (χ2n) is 6.08. The summed E-state index contributed by atoms with van der Waals surface area (Å²) in [5, 5.41) is 13.7. The van der Waals surface area contributed by atoms with Crippen molar-refractivity contribution in [1.29, 1.82) is 0 Å². The Morgan fingerprint density at radius 1 is 1.29 bits per heavy atom. The van der Waals surface area contributed by atoms with Gasteiger partial charge in [0.1, 0.15) is 5.69 Å². The van der Waals surface area contributed by atoms with Gasteiger partial charge in [-0.2, -0.15) is 0 Å². The number of aromatic nitrogens is 1. The molecule has 2 rings (SSSR count). The molecule has 1 heterocycles. The van der Waals surface area contributed by atoms with Crippen LogP contribution in [0, 0.1) is 19.8 Å². The first-order chi connectivity index (χ1) is 9.88. The lowest BCUT2D eigenvalue weighted by molar-refractivity contribution is 0.0916. The van der Waals surface area contributed by atoms with Crippen molar-refractivity contribution in [2.45, 2.75) is 40.2 Å². The van der Waals surface area contributed by atoms with E-state index < -0.39 is 0 Å². The first-order valence-electron chi connectivity index (χ1n) is 7.44. The quantitative estimate of drug-likeness (QED) is 0.792. The van der Waals surface area contributed by atoms with Gasteiger partial charge in [0.25, 0.3) is 5.91 Å². The number of nitrogens with one attached hydrogen (secondary N) is 2. The van der Waals surface area contributed by atoms with E-state index in [1.54, 1.807) is 0 Å². The van der Waals surface area contributed by atoms with Crippen molar-refractivity contribution in [3.05, 3.63) is 35.0 Å². The number of aliphatic hydroxyl groups is 1. The second-order valence-corrected chi connectivity index (χ2v) is 6.08. The Labute approximate surface area is 125 Å². The summed E-state index contributed by atoms with van der Waals surface area (Å²) in [5.41, 5.74) is 3.89. The lowest BCUT2D eigenvalue weighted by Crippen LogP contribution is -2.28. The van der Waals surface area contributed by atoms with Gasteiger partial charge in [-0.1, -0.05) is 19.9 Å². The molecular weight excluding hydrogens is 264 g/mol. The number of fused-ring (bicyclic) bond motifs is 1. The van der Waals surface area contributed by atoms with E-state index in [0.717, 1.165) is 16.5 Å². The molecule has 0 bridgehead atoms. The Hall–Kier alpha value is -1.81. The van der Waals surface area contributed by atoms with E-state index in [4.69, 9.17) is 0 Å². The smallest absolute Gasteiger partial charge is 0.267 e. The summed E-state index contributed by atoms with van der Waals surface area (Å²) >= 11 is 0. The van der Waals surface area contributed by atoms with Gasteiger partial charge >= 0.3 is 0 Å². The fourth-order valence-corrected chi connectivity index (χ4v) is 2.48. The minimum absolute atomic E-state index is 0.126. The highest BCUT2D eigenvalue weighted by Gasteiger charge is 2.13. The maximum atomic E-state index is 12.1. The number of aryl methyl sites for hydroxylation is 2. The van der Waals surface area contributed by atoms with E-state index in [9.17, 15) is 9.90 Å². The molecular formula is C17H24N2O2. The van der Waals surface area contributed by atoms with Gasteiger partial charge in [-0.3, -0.25) is 4.79 Å². The fourth-order valence-electron chi connectivity index (χ4n) is 2.48. The van der Waals surface area contributed by atoms with Gasteiger partial charge in [-0.05, 0) is 49.4 Å². The van der Waals surface area contributed by atoms with E-state index in [-0.39, 0.29) is 17.9 Å². The Kier molecular flexibility index (Phi) is 4.68. The largest absolute Gasteiger partial charge is 0.393 e. The summed E-state index contributed by atoms with van der Waals surface area (Å²) in [6.07, 6.45) is 0.194. The van der Waals surface area contributed by atoms with E-state index in [1.807, 2.05) is 39.8 Å². The van der Waals surface area contributed by atoms with Crippen LogP contribution in [-0.4, -0.2) is 28.6 Å². The molecule has 1 aromatic heterocycles. The molecule has 3 N–H and O–H groups in total. The molecule has 21 heavy (non-hydrogen) atoms. The molecule has 1 atom stereocenters. The number of hydrogen-bond donors (Lipinski definition) is 3. The highest BCUT2D eigenvalue weighted by Crippen LogP contribution is 2.21. The highest BCUT2D eigenvalue weighted by atomic mass is 16.3. The van der Waals surface area contributed by atoms with Crippen molar-refractivity contribution in [2.75, 3.05) is 6.54 Å². The monoisotopic (exact) mass is 288 g/mol. The molecule has 0 fully saturated rings. The zero-order chi connectivity index (χ0) is 15.6. The summed E-state index contributed by atoms with van der Waals surface area (Å²) in [5.74, 6) is 0.0832. The van der Waals surface area contributed by atoms with Crippen LogP contribution in [0.4, 0.5) is 0 Å². The number of rotatable bonds is 5. The maximum absolute atomic E-state index is 12.1. The fraction of sp³-hybridized carbons (Fsp3) is 0.471. The summed E-state index contributed by atoms with van der Waals surface area (Å²) in [6, 6.07) is 6.04. The number of H-pyrrole nitrogens is 1. The highest BCUT2D eigenvalue weighted by molar-refractivity contribution is 5.98.